The molecule has 3 aromatic rings. The molecule has 0 bridgehead atoms. The Kier molecular flexibility index (Phi) is 10.5. The Balaban J connectivity index is 1.90. The third-order valence-corrected chi connectivity index (χ3v) is 6.08. The van der Waals surface area contributed by atoms with Gasteiger partial charge in [-0.1, -0.05) is 25.1 Å². The van der Waals surface area contributed by atoms with Crippen LogP contribution in [0.3, 0.4) is 0 Å². The molecule has 3 rings (SSSR count). The minimum absolute atomic E-state index is 0.155. The van der Waals surface area contributed by atoms with Crippen LogP contribution in [-0.2, 0) is 22.1 Å². The lowest BCUT2D eigenvalue weighted by molar-refractivity contribution is -0.158. The Morgan fingerprint density at radius 1 is 0.956 bits per heavy atom. The lowest BCUT2D eigenvalue weighted by Gasteiger charge is -2.28. The van der Waals surface area contributed by atoms with E-state index in [1.54, 1.807) is 24.4 Å². The molecular weight excluding hydrogens is 608 g/mol. The summed E-state index contributed by atoms with van der Waals surface area (Å²) >= 11 is 0. The van der Waals surface area contributed by atoms with E-state index in [4.69, 9.17) is 4.74 Å². The molecule has 45 heavy (non-hydrogen) atoms. The number of pyridine rings is 1. The average molecular weight is 640 g/mol. The van der Waals surface area contributed by atoms with Crippen molar-refractivity contribution < 1.29 is 50.2 Å². The third kappa shape index (κ3) is 9.95. The summed E-state index contributed by atoms with van der Waals surface area (Å²) in [7, 11) is 0. The molecule has 0 atom stereocenters. The number of carbonyl (C=O) groups excluding carboxylic acids is 3. The summed E-state index contributed by atoms with van der Waals surface area (Å²) in [5.74, 6) is -2.96. The van der Waals surface area contributed by atoms with Crippen molar-refractivity contribution in [1.29, 1.82) is 0 Å². The second kappa shape index (κ2) is 13.6. The predicted molar refractivity (Wildman–Crippen MR) is 153 cm³/mol. The average Bonchev–Trinajstić information content (AvgIpc) is 2.92. The second-order valence-corrected chi connectivity index (χ2v) is 11.0. The van der Waals surface area contributed by atoms with Gasteiger partial charge in [-0.2, -0.15) is 31.4 Å². The second-order valence-electron chi connectivity index (χ2n) is 11.0. The zero-order valence-corrected chi connectivity index (χ0v) is 25.0. The van der Waals surface area contributed by atoms with Crippen molar-refractivity contribution >= 4 is 23.5 Å². The minimum atomic E-state index is -5.10. The van der Waals surface area contributed by atoms with Crippen LogP contribution in [0.5, 0.6) is 5.75 Å². The van der Waals surface area contributed by atoms with Gasteiger partial charge in [-0.3, -0.25) is 20.0 Å². The van der Waals surface area contributed by atoms with Gasteiger partial charge >= 0.3 is 18.4 Å². The Bertz CT molecular complexity index is 1560. The molecule has 0 saturated carbocycles. The standard InChI is InChI=1S/C31H31F6N3O5/c1-6-21-12-18(2)23(16-38-21)19-8-7-9-20(13-19)25(41)15-27(42)39-40(28(43)45-29(3,4)5)22-10-11-24(31(35,36)37)26(14-22)44-17-30(32,33)34/h7-14,16H,6,15,17H2,1-5H3,(H,39,42). The highest BCUT2D eigenvalue weighted by Gasteiger charge is 2.37. The molecule has 2 amide bonds. The monoisotopic (exact) mass is 639 g/mol. The van der Waals surface area contributed by atoms with Crippen LogP contribution in [0.4, 0.5) is 36.8 Å². The highest BCUT2D eigenvalue weighted by molar-refractivity contribution is 6.09. The maximum Gasteiger partial charge on any atom is 0.434 e. The quantitative estimate of drug-likeness (QED) is 0.118. The van der Waals surface area contributed by atoms with Crippen LogP contribution in [-0.4, -0.2) is 41.2 Å². The first-order valence-electron chi connectivity index (χ1n) is 13.6. The van der Waals surface area contributed by atoms with Crippen LogP contribution in [0.2, 0.25) is 0 Å². The normalized spacial score (nSPS) is 12.0. The number of halogens is 6. The van der Waals surface area contributed by atoms with Gasteiger partial charge in [0.2, 0.25) is 5.91 Å². The summed E-state index contributed by atoms with van der Waals surface area (Å²) in [5.41, 5.74) is 2.30. The Hall–Kier alpha value is -4.62. The van der Waals surface area contributed by atoms with Crippen LogP contribution in [0.1, 0.15) is 61.3 Å². The molecule has 242 valence electrons. The zero-order chi connectivity index (χ0) is 33.7. The molecule has 0 spiro atoms. The van der Waals surface area contributed by atoms with E-state index in [0.717, 1.165) is 29.3 Å². The van der Waals surface area contributed by atoms with Gasteiger partial charge in [0.25, 0.3) is 0 Å². The summed E-state index contributed by atoms with van der Waals surface area (Å²) in [5, 5.41) is 0.391. The number of nitrogens with zero attached hydrogens (tertiary/aromatic N) is 2. The molecule has 0 aliphatic carbocycles. The van der Waals surface area contributed by atoms with Crippen LogP contribution >= 0.6 is 0 Å². The number of anilines is 1. The van der Waals surface area contributed by atoms with E-state index in [1.165, 1.54) is 26.8 Å². The van der Waals surface area contributed by atoms with Gasteiger partial charge in [0.05, 0.1) is 17.7 Å². The van der Waals surface area contributed by atoms with E-state index in [2.05, 4.69) is 15.1 Å². The molecule has 1 aromatic heterocycles. The van der Waals surface area contributed by atoms with Gasteiger partial charge in [0.15, 0.2) is 12.4 Å². The van der Waals surface area contributed by atoms with E-state index < -0.39 is 65.8 Å². The van der Waals surface area contributed by atoms with Crippen LogP contribution < -0.4 is 15.2 Å². The maximum absolute atomic E-state index is 13.5. The van der Waals surface area contributed by atoms with Crippen molar-refractivity contribution in [2.45, 2.75) is 65.4 Å². The van der Waals surface area contributed by atoms with Gasteiger partial charge in [0, 0.05) is 29.1 Å². The number of hydrogen-bond acceptors (Lipinski definition) is 6. The molecule has 0 aliphatic rings. The van der Waals surface area contributed by atoms with E-state index in [0.29, 0.717) is 22.7 Å². The number of amides is 2. The van der Waals surface area contributed by atoms with Crippen molar-refractivity contribution in [2.24, 2.45) is 0 Å². The number of hydrazine groups is 1. The highest BCUT2D eigenvalue weighted by Crippen LogP contribution is 2.39. The zero-order valence-electron chi connectivity index (χ0n) is 25.0. The van der Waals surface area contributed by atoms with Gasteiger partial charge in [-0.25, -0.2) is 4.79 Å². The highest BCUT2D eigenvalue weighted by atomic mass is 19.4. The number of aromatic nitrogens is 1. The van der Waals surface area contributed by atoms with Gasteiger partial charge in [-0.15, -0.1) is 0 Å². The molecule has 1 N–H and O–H groups in total. The first-order chi connectivity index (χ1) is 20.8. The Labute approximate surface area is 255 Å². The van der Waals surface area contributed by atoms with Gasteiger partial charge in [0.1, 0.15) is 11.4 Å². The molecule has 0 aliphatic heterocycles. The van der Waals surface area contributed by atoms with Crippen LogP contribution in [0.15, 0.2) is 54.7 Å². The smallest absolute Gasteiger partial charge is 0.434 e. The van der Waals surface area contributed by atoms with Crippen LogP contribution in [0.25, 0.3) is 11.1 Å². The molecule has 0 fully saturated rings. The number of alkyl halides is 6. The van der Waals surface area contributed by atoms with E-state index in [-0.39, 0.29) is 5.56 Å². The molecule has 14 heteroatoms. The largest absolute Gasteiger partial charge is 0.483 e. The Morgan fingerprint density at radius 3 is 2.22 bits per heavy atom. The number of ether oxygens (including phenoxy) is 2. The topological polar surface area (TPSA) is 97.8 Å². The molecule has 0 saturated heterocycles. The third-order valence-electron chi connectivity index (χ3n) is 6.08. The molecule has 1 heterocycles. The van der Waals surface area contributed by atoms with Crippen molar-refractivity contribution in [3.05, 3.63) is 77.1 Å². The van der Waals surface area contributed by atoms with Crippen molar-refractivity contribution in [1.82, 2.24) is 10.4 Å². The first kappa shape index (κ1) is 34.9. The van der Waals surface area contributed by atoms with E-state index in [9.17, 15) is 40.7 Å². The van der Waals surface area contributed by atoms with Gasteiger partial charge < -0.3 is 9.47 Å². The van der Waals surface area contributed by atoms with E-state index >= 15 is 0 Å². The molecule has 8 nitrogen and oxygen atoms in total. The number of benzene rings is 2. The van der Waals surface area contributed by atoms with Gasteiger partial charge in [-0.05, 0) is 69.5 Å². The molecule has 2 aromatic carbocycles. The lowest BCUT2D eigenvalue weighted by atomic mass is 9.98. The fourth-order valence-corrected chi connectivity index (χ4v) is 4.07. The van der Waals surface area contributed by atoms with Crippen molar-refractivity contribution in [3.8, 4) is 16.9 Å². The maximum atomic E-state index is 13.5. The molecule has 0 unspecified atom stereocenters. The molecular formula is C31H31F6N3O5. The fraction of sp³-hybridized carbons (Fsp3) is 0.355. The summed E-state index contributed by atoms with van der Waals surface area (Å²) in [6.07, 6.45) is -9.74. The summed E-state index contributed by atoms with van der Waals surface area (Å²) in [6, 6.07) is 9.98. The summed E-state index contributed by atoms with van der Waals surface area (Å²) < 4.78 is 88.5. The van der Waals surface area contributed by atoms with Crippen molar-refractivity contribution in [3.63, 3.8) is 0 Å². The number of aryl methyl sites for hydroxylation is 2. The number of Topliss-reactive ketones (excluding diaryl/α,β-unsaturated/α-hetero) is 1. The van der Waals surface area contributed by atoms with Crippen molar-refractivity contribution in [2.75, 3.05) is 11.6 Å². The minimum Gasteiger partial charge on any atom is -0.483 e. The number of rotatable bonds is 8. The first-order valence-corrected chi connectivity index (χ1v) is 13.6. The number of carbonyl (C=O) groups is 3. The molecule has 0 radical (unpaired) electrons. The summed E-state index contributed by atoms with van der Waals surface area (Å²) in [6.45, 7) is 6.22. The van der Waals surface area contributed by atoms with Crippen LogP contribution in [0, 0.1) is 6.92 Å². The Morgan fingerprint density at radius 2 is 1.64 bits per heavy atom. The fourth-order valence-electron chi connectivity index (χ4n) is 4.07. The number of nitrogens with one attached hydrogen (secondary N) is 1. The number of hydrogen-bond donors (Lipinski definition) is 1. The predicted octanol–water partition coefficient (Wildman–Crippen LogP) is 7.63. The number of ketones is 1. The lowest BCUT2D eigenvalue weighted by Crippen LogP contribution is -2.49. The summed E-state index contributed by atoms with van der Waals surface area (Å²) in [4.78, 5) is 43.4. The van der Waals surface area contributed by atoms with E-state index in [1.807, 2.05) is 19.9 Å². The SMILES string of the molecule is CCc1cc(C)c(-c2cccc(C(=O)CC(=O)NN(C(=O)OC(C)(C)C)c3ccc(C(F)(F)F)c(OCC(F)(F)F)c3)c2)cn1.